The zero-order valence-electron chi connectivity index (χ0n) is 7.97. The van der Waals surface area contributed by atoms with E-state index in [1.165, 1.54) is 12.8 Å². The molecule has 1 atom stereocenters. The molecule has 1 heterocycles. The number of ether oxygens (including phenoxy) is 1. The fourth-order valence-corrected chi connectivity index (χ4v) is 1.51. The highest BCUT2D eigenvalue weighted by Gasteiger charge is 2.19. The smallest absolute Gasteiger partial charge is 0.143 e. The molecule has 1 saturated heterocycles. The second kappa shape index (κ2) is 4.48. The van der Waals surface area contributed by atoms with E-state index in [2.05, 4.69) is 12.0 Å². The van der Waals surface area contributed by atoms with E-state index >= 15 is 0 Å². The lowest BCUT2D eigenvalue weighted by Crippen LogP contribution is -2.44. The first kappa shape index (κ1) is 9.55. The van der Waals surface area contributed by atoms with Crippen LogP contribution < -0.4 is 5.43 Å². The highest BCUT2D eigenvalue weighted by atomic mass is 16.5. The third-order valence-electron chi connectivity index (χ3n) is 2.10. The van der Waals surface area contributed by atoms with Gasteiger partial charge in [-0.3, -0.25) is 5.01 Å². The predicted molar refractivity (Wildman–Crippen MR) is 49.3 cm³/mol. The minimum Gasteiger partial charge on any atom is -0.357 e. The summed E-state index contributed by atoms with van der Waals surface area (Å²) in [5.74, 6) is 0. The molecule has 3 nitrogen and oxygen atoms in total. The lowest BCUT2D eigenvalue weighted by Gasteiger charge is -2.34. The number of hydrogen-bond donors (Lipinski definition) is 1. The summed E-state index contributed by atoms with van der Waals surface area (Å²) in [4.78, 5) is 0. The van der Waals surface area contributed by atoms with Gasteiger partial charge in [-0.2, -0.15) is 0 Å². The number of hydrazine groups is 1. The number of allylic oxidation sites excluding steroid dienone is 1. The lowest BCUT2D eigenvalue weighted by atomic mass is 10.2. The maximum absolute atomic E-state index is 5.59. The van der Waals surface area contributed by atoms with Crippen molar-refractivity contribution in [1.82, 2.24) is 10.4 Å². The maximum Gasteiger partial charge on any atom is 0.143 e. The van der Waals surface area contributed by atoms with Crippen LogP contribution in [0.1, 0.15) is 26.2 Å². The molecular formula is C9H18N2O. The van der Waals surface area contributed by atoms with Gasteiger partial charge >= 0.3 is 0 Å². The van der Waals surface area contributed by atoms with Crippen LogP contribution in [0.2, 0.25) is 0 Å². The number of rotatable bonds is 3. The van der Waals surface area contributed by atoms with Crippen LogP contribution >= 0.6 is 0 Å². The van der Waals surface area contributed by atoms with Gasteiger partial charge in [0, 0.05) is 19.4 Å². The van der Waals surface area contributed by atoms with Crippen LogP contribution in [0.4, 0.5) is 0 Å². The van der Waals surface area contributed by atoms with Crippen LogP contribution in [-0.2, 0) is 4.74 Å². The van der Waals surface area contributed by atoms with Gasteiger partial charge in [-0.25, -0.2) is 5.43 Å². The van der Waals surface area contributed by atoms with Crippen LogP contribution in [0.5, 0.6) is 0 Å². The van der Waals surface area contributed by atoms with E-state index in [0.717, 1.165) is 18.7 Å². The molecule has 1 rings (SSSR count). The molecule has 1 N–H and O–H groups in total. The molecule has 0 aromatic heterocycles. The van der Waals surface area contributed by atoms with E-state index in [0.29, 0.717) is 0 Å². The summed E-state index contributed by atoms with van der Waals surface area (Å²) < 4.78 is 5.59. The Balaban J connectivity index is 2.46. The Hall–Kier alpha value is -0.540. The highest BCUT2D eigenvalue weighted by molar-refractivity contribution is 4.88. The molecule has 1 aliphatic rings. The van der Waals surface area contributed by atoms with E-state index in [1.807, 2.05) is 19.0 Å². The van der Waals surface area contributed by atoms with E-state index in [1.54, 1.807) is 0 Å². The molecule has 0 aliphatic carbocycles. The van der Waals surface area contributed by atoms with Crippen molar-refractivity contribution in [2.24, 2.45) is 0 Å². The van der Waals surface area contributed by atoms with E-state index < -0.39 is 0 Å². The topological polar surface area (TPSA) is 24.5 Å². The number of nitrogens with zero attached hydrogens (tertiary/aromatic N) is 1. The maximum atomic E-state index is 5.59. The third kappa shape index (κ3) is 2.22. The Morgan fingerprint density at radius 1 is 1.58 bits per heavy atom. The zero-order valence-corrected chi connectivity index (χ0v) is 7.97. The molecule has 0 bridgehead atoms. The Morgan fingerprint density at radius 2 is 2.33 bits per heavy atom. The standard InChI is InChI=1S/C9H18N2O/c1-8(2)11(10-3)9-6-4-5-7-12-9/h9-10H,1,4-7H2,2-3H3. The summed E-state index contributed by atoms with van der Waals surface area (Å²) in [6.07, 6.45) is 3.70. The van der Waals surface area contributed by atoms with E-state index in [9.17, 15) is 0 Å². The summed E-state index contributed by atoms with van der Waals surface area (Å²) in [5, 5.41) is 1.99. The van der Waals surface area contributed by atoms with Crippen molar-refractivity contribution in [3.05, 3.63) is 12.3 Å². The molecule has 1 unspecified atom stereocenters. The van der Waals surface area contributed by atoms with Crippen LogP contribution in [0, 0.1) is 0 Å². The van der Waals surface area contributed by atoms with Crippen LogP contribution in [-0.4, -0.2) is 24.9 Å². The summed E-state index contributed by atoms with van der Waals surface area (Å²) in [7, 11) is 1.90. The quantitative estimate of drug-likeness (QED) is 0.649. The molecule has 3 heteroatoms. The summed E-state index contributed by atoms with van der Waals surface area (Å²) >= 11 is 0. The summed E-state index contributed by atoms with van der Waals surface area (Å²) in [6.45, 7) is 6.74. The average molecular weight is 170 g/mol. The minimum atomic E-state index is 0.182. The second-order valence-electron chi connectivity index (χ2n) is 3.15. The molecule has 0 radical (unpaired) electrons. The van der Waals surface area contributed by atoms with Gasteiger partial charge in [-0.05, 0) is 26.2 Å². The monoisotopic (exact) mass is 170 g/mol. The molecule has 0 saturated carbocycles. The number of hydrogen-bond acceptors (Lipinski definition) is 3. The Labute approximate surface area is 74.4 Å². The van der Waals surface area contributed by atoms with Crippen LogP contribution in [0.3, 0.4) is 0 Å². The van der Waals surface area contributed by atoms with Crippen molar-refractivity contribution in [2.45, 2.75) is 32.4 Å². The van der Waals surface area contributed by atoms with Gasteiger partial charge < -0.3 is 4.74 Å². The molecule has 70 valence electrons. The van der Waals surface area contributed by atoms with E-state index in [4.69, 9.17) is 4.74 Å². The molecule has 1 aliphatic heterocycles. The van der Waals surface area contributed by atoms with Crippen molar-refractivity contribution in [1.29, 1.82) is 0 Å². The van der Waals surface area contributed by atoms with Crippen LogP contribution in [0.15, 0.2) is 12.3 Å². The van der Waals surface area contributed by atoms with Gasteiger partial charge in [0.1, 0.15) is 6.23 Å². The first-order valence-corrected chi connectivity index (χ1v) is 4.49. The Bertz CT molecular complexity index is 153. The molecule has 0 aromatic rings. The fraction of sp³-hybridized carbons (Fsp3) is 0.778. The molecular weight excluding hydrogens is 152 g/mol. The van der Waals surface area contributed by atoms with Crippen molar-refractivity contribution in [3.63, 3.8) is 0 Å². The predicted octanol–water partition coefficient (Wildman–Crippen LogP) is 1.48. The molecule has 0 amide bonds. The summed E-state index contributed by atoms with van der Waals surface area (Å²) in [6, 6.07) is 0. The van der Waals surface area contributed by atoms with Gasteiger partial charge in [0.15, 0.2) is 0 Å². The fourth-order valence-electron chi connectivity index (χ4n) is 1.51. The van der Waals surface area contributed by atoms with Gasteiger partial charge in [0.2, 0.25) is 0 Å². The lowest BCUT2D eigenvalue weighted by molar-refractivity contribution is -0.0875. The van der Waals surface area contributed by atoms with Gasteiger partial charge in [-0.15, -0.1) is 0 Å². The van der Waals surface area contributed by atoms with Crippen molar-refractivity contribution in [2.75, 3.05) is 13.7 Å². The second-order valence-corrected chi connectivity index (χ2v) is 3.15. The van der Waals surface area contributed by atoms with Crippen molar-refractivity contribution < 1.29 is 4.74 Å². The van der Waals surface area contributed by atoms with Gasteiger partial charge in [-0.1, -0.05) is 6.58 Å². The average Bonchev–Trinajstić information content (AvgIpc) is 2.07. The molecule has 12 heavy (non-hydrogen) atoms. The van der Waals surface area contributed by atoms with E-state index in [-0.39, 0.29) is 6.23 Å². The van der Waals surface area contributed by atoms with Gasteiger partial charge in [0.25, 0.3) is 0 Å². The zero-order chi connectivity index (χ0) is 8.97. The first-order chi connectivity index (χ1) is 5.75. The Kier molecular flexibility index (Phi) is 3.56. The molecule has 1 fully saturated rings. The van der Waals surface area contributed by atoms with Crippen molar-refractivity contribution in [3.8, 4) is 0 Å². The largest absolute Gasteiger partial charge is 0.357 e. The first-order valence-electron chi connectivity index (χ1n) is 4.49. The van der Waals surface area contributed by atoms with Crippen LogP contribution in [0.25, 0.3) is 0 Å². The molecule has 0 spiro atoms. The SMILES string of the molecule is C=C(C)N(NC)C1CCCCO1. The number of nitrogens with one attached hydrogen (secondary N) is 1. The van der Waals surface area contributed by atoms with Gasteiger partial charge in [0.05, 0.1) is 0 Å². The Morgan fingerprint density at radius 3 is 2.75 bits per heavy atom. The highest BCUT2D eigenvalue weighted by Crippen LogP contribution is 2.17. The minimum absolute atomic E-state index is 0.182. The van der Waals surface area contributed by atoms with Crippen molar-refractivity contribution >= 4 is 0 Å². The molecule has 0 aromatic carbocycles. The normalized spacial score (nSPS) is 23.7. The summed E-state index contributed by atoms with van der Waals surface area (Å²) in [5.41, 5.74) is 4.08. The third-order valence-corrected chi connectivity index (χ3v) is 2.10.